The number of anilines is 1. The lowest BCUT2D eigenvalue weighted by Crippen LogP contribution is -2.33. The molecule has 0 radical (unpaired) electrons. The van der Waals surface area contributed by atoms with E-state index in [2.05, 4.69) is 14.9 Å². The normalized spacial score (nSPS) is 11.1. The maximum atomic E-state index is 13.5. The first-order valence-electron chi connectivity index (χ1n) is 9.67. The van der Waals surface area contributed by atoms with E-state index in [1.165, 1.54) is 11.3 Å². The molecule has 0 atom stereocenters. The van der Waals surface area contributed by atoms with Gasteiger partial charge in [-0.25, -0.2) is 4.98 Å². The van der Waals surface area contributed by atoms with E-state index in [0.29, 0.717) is 27.8 Å². The van der Waals surface area contributed by atoms with Crippen LogP contribution in [0, 0.1) is 6.92 Å². The summed E-state index contributed by atoms with van der Waals surface area (Å²) in [5, 5.41) is 1.36. The Labute approximate surface area is 196 Å². The largest absolute Gasteiger partial charge is 0.309 e. The molecule has 2 aromatic heterocycles. The van der Waals surface area contributed by atoms with Crippen LogP contribution in [0.25, 0.3) is 21.3 Å². The number of hydrogen-bond donors (Lipinski definition) is 0. The fourth-order valence-electron chi connectivity index (χ4n) is 3.29. The van der Waals surface area contributed by atoms with E-state index in [4.69, 9.17) is 16.6 Å². The number of aromatic nitrogens is 3. The standard InChI is InChI=1S/C22H22ClN5OS.ClH/c1-14-16(23)6-8-19-20(14)26-22(30-19)28(12-4-11-27(2)3)21(29)15-5-7-17-18(13-15)25-10-9-24-17;/h5-10,13H,4,11-12H2,1-3H3;1H. The summed E-state index contributed by atoms with van der Waals surface area (Å²) in [4.78, 5) is 30.8. The molecule has 0 fully saturated rings. The molecule has 0 bridgehead atoms. The van der Waals surface area contributed by atoms with Crippen LogP contribution in [-0.2, 0) is 0 Å². The van der Waals surface area contributed by atoms with Crippen molar-refractivity contribution >= 4 is 67.6 Å². The Morgan fingerprint density at radius 3 is 2.55 bits per heavy atom. The molecule has 0 saturated carbocycles. The minimum Gasteiger partial charge on any atom is -0.309 e. The third kappa shape index (κ3) is 4.96. The van der Waals surface area contributed by atoms with Gasteiger partial charge in [0, 0.05) is 29.5 Å². The van der Waals surface area contributed by atoms with Gasteiger partial charge in [-0.2, -0.15) is 0 Å². The number of aryl methyl sites for hydroxylation is 1. The molecule has 6 nitrogen and oxygen atoms in total. The van der Waals surface area contributed by atoms with Crippen molar-refractivity contribution in [3.05, 3.63) is 58.9 Å². The van der Waals surface area contributed by atoms with Gasteiger partial charge in [-0.15, -0.1) is 12.4 Å². The van der Waals surface area contributed by atoms with Crippen LogP contribution in [0.4, 0.5) is 5.13 Å². The van der Waals surface area contributed by atoms with Gasteiger partial charge in [-0.05, 0) is 69.9 Å². The molecule has 0 aliphatic heterocycles. The van der Waals surface area contributed by atoms with Gasteiger partial charge in [0.2, 0.25) is 0 Å². The number of fused-ring (bicyclic) bond motifs is 2. The van der Waals surface area contributed by atoms with Crippen LogP contribution in [0.3, 0.4) is 0 Å². The number of halogens is 2. The van der Waals surface area contributed by atoms with Crippen molar-refractivity contribution in [1.29, 1.82) is 0 Å². The summed E-state index contributed by atoms with van der Waals surface area (Å²) < 4.78 is 1.02. The van der Waals surface area contributed by atoms with Crippen LogP contribution in [0.2, 0.25) is 5.02 Å². The van der Waals surface area contributed by atoms with Crippen molar-refractivity contribution in [3.63, 3.8) is 0 Å². The van der Waals surface area contributed by atoms with Crippen LogP contribution >= 0.6 is 35.3 Å². The highest BCUT2D eigenvalue weighted by molar-refractivity contribution is 7.22. The summed E-state index contributed by atoms with van der Waals surface area (Å²) in [6.07, 6.45) is 4.11. The van der Waals surface area contributed by atoms with Gasteiger partial charge in [0.05, 0.1) is 21.3 Å². The number of rotatable bonds is 6. The summed E-state index contributed by atoms with van der Waals surface area (Å²) in [7, 11) is 4.05. The summed E-state index contributed by atoms with van der Waals surface area (Å²) in [5.41, 5.74) is 3.81. The summed E-state index contributed by atoms with van der Waals surface area (Å²) in [6.45, 7) is 3.40. The van der Waals surface area contributed by atoms with Crippen LogP contribution in [-0.4, -0.2) is 52.9 Å². The van der Waals surface area contributed by atoms with Gasteiger partial charge in [-0.1, -0.05) is 22.9 Å². The molecule has 0 saturated heterocycles. The SMILES string of the molecule is Cc1c(Cl)ccc2sc(N(CCCN(C)C)C(=O)c3ccc4nccnc4c3)nc12.Cl. The first-order valence-corrected chi connectivity index (χ1v) is 10.9. The summed E-state index contributed by atoms with van der Waals surface area (Å²) in [6, 6.07) is 9.25. The molecule has 2 aromatic carbocycles. The Hall–Kier alpha value is -2.32. The molecule has 31 heavy (non-hydrogen) atoms. The van der Waals surface area contributed by atoms with Gasteiger partial charge in [-0.3, -0.25) is 19.7 Å². The third-order valence-electron chi connectivity index (χ3n) is 4.92. The predicted octanol–water partition coefficient (Wildman–Crippen LogP) is 5.22. The molecule has 4 rings (SSSR count). The molecule has 0 unspecified atom stereocenters. The topological polar surface area (TPSA) is 62.2 Å². The van der Waals surface area contributed by atoms with E-state index >= 15 is 0 Å². The first kappa shape index (κ1) is 23.3. The van der Waals surface area contributed by atoms with Crippen molar-refractivity contribution in [2.45, 2.75) is 13.3 Å². The van der Waals surface area contributed by atoms with E-state index in [-0.39, 0.29) is 18.3 Å². The van der Waals surface area contributed by atoms with Crippen LogP contribution in [0.15, 0.2) is 42.7 Å². The van der Waals surface area contributed by atoms with Crippen LogP contribution in [0.5, 0.6) is 0 Å². The molecule has 0 spiro atoms. The van der Waals surface area contributed by atoms with Gasteiger partial charge < -0.3 is 4.90 Å². The predicted molar refractivity (Wildman–Crippen MR) is 131 cm³/mol. The lowest BCUT2D eigenvalue weighted by molar-refractivity contribution is 0.0986. The van der Waals surface area contributed by atoms with E-state index in [0.717, 1.165) is 34.3 Å². The smallest absolute Gasteiger partial charge is 0.260 e. The Balaban J connectivity index is 0.00000272. The van der Waals surface area contributed by atoms with E-state index in [1.54, 1.807) is 29.4 Å². The van der Waals surface area contributed by atoms with E-state index < -0.39 is 0 Å². The number of benzene rings is 2. The molecule has 9 heteroatoms. The molecular formula is C22H23Cl2N5OS. The van der Waals surface area contributed by atoms with Crippen molar-refractivity contribution in [2.24, 2.45) is 0 Å². The van der Waals surface area contributed by atoms with Gasteiger partial charge in [0.25, 0.3) is 5.91 Å². The van der Waals surface area contributed by atoms with E-state index in [1.807, 2.05) is 39.2 Å². The minimum atomic E-state index is -0.0934. The summed E-state index contributed by atoms with van der Waals surface area (Å²) in [5.74, 6) is -0.0934. The van der Waals surface area contributed by atoms with Crippen LogP contribution < -0.4 is 4.90 Å². The van der Waals surface area contributed by atoms with Crippen molar-refractivity contribution in [1.82, 2.24) is 19.9 Å². The van der Waals surface area contributed by atoms with Crippen LogP contribution in [0.1, 0.15) is 22.3 Å². The number of carbonyl (C=O) groups excluding carboxylic acids is 1. The van der Waals surface area contributed by atoms with Crippen molar-refractivity contribution in [2.75, 3.05) is 32.1 Å². The Kier molecular flexibility index (Phi) is 7.43. The maximum absolute atomic E-state index is 13.5. The van der Waals surface area contributed by atoms with Gasteiger partial charge in [0.1, 0.15) is 0 Å². The molecule has 162 valence electrons. The monoisotopic (exact) mass is 475 g/mol. The molecule has 2 heterocycles. The lowest BCUT2D eigenvalue weighted by Gasteiger charge is -2.21. The average Bonchev–Trinajstić information content (AvgIpc) is 3.17. The zero-order valence-electron chi connectivity index (χ0n) is 17.5. The minimum absolute atomic E-state index is 0. The highest BCUT2D eigenvalue weighted by atomic mass is 35.5. The van der Waals surface area contributed by atoms with Crippen molar-refractivity contribution in [3.8, 4) is 0 Å². The Morgan fingerprint density at radius 2 is 1.81 bits per heavy atom. The molecule has 4 aromatic rings. The zero-order chi connectivity index (χ0) is 21.3. The molecule has 1 amide bonds. The Morgan fingerprint density at radius 1 is 1.06 bits per heavy atom. The fourth-order valence-corrected chi connectivity index (χ4v) is 4.49. The first-order chi connectivity index (χ1) is 14.4. The maximum Gasteiger partial charge on any atom is 0.260 e. The average molecular weight is 476 g/mol. The number of thiazole rings is 1. The second-order valence-corrected chi connectivity index (χ2v) is 8.81. The fraction of sp³-hybridized carbons (Fsp3) is 0.273. The zero-order valence-corrected chi connectivity index (χ0v) is 19.9. The van der Waals surface area contributed by atoms with Gasteiger partial charge >= 0.3 is 0 Å². The number of carbonyl (C=O) groups is 1. The van der Waals surface area contributed by atoms with E-state index in [9.17, 15) is 4.79 Å². The quantitative estimate of drug-likeness (QED) is 0.382. The Bertz CT molecular complexity index is 1230. The highest BCUT2D eigenvalue weighted by Gasteiger charge is 2.22. The second kappa shape index (κ2) is 9.87. The number of hydrogen-bond acceptors (Lipinski definition) is 6. The van der Waals surface area contributed by atoms with Gasteiger partial charge in [0.15, 0.2) is 5.13 Å². The summed E-state index contributed by atoms with van der Waals surface area (Å²) >= 11 is 7.78. The lowest BCUT2D eigenvalue weighted by atomic mass is 10.1. The van der Waals surface area contributed by atoms with Crippen molar-refractivity contribution < 1.29 is 4.79 Å². The molecule has 0 N–H and O–H groups in total. The highest BCUT2D eigenvalue weighted by Crippen LogP contribution is 2.34. The number of nitrogens with zero attached hydrogens (tertiary/aromatic N) is 5. The second-order valence-electron chi connectivity index (χ2n) is 7.39. The number of amides is 1. The molecule has 0 aliphatic rings. The molecule has 0 aliphatic carbocycles. The third-order valence-corrected chi connectivity index (χ3v) is 6.37. The molecular weight excluding hydrogens is 453 g/mol.